The molecule has 0 radical (unpaired) electrons. The Morgan fingerprint density at radius 3 is 2.07 bits per heavy atom. The Labute approximate surface area is 173 Å². The summed E-state index contributed by atoms with van der Waals surface area (Å²) in [6, 6.07) is 0. The van der Waals surface area contributed by atoms with Crippen LogP contribution >= 0.6 is 11.3 Å². The second kappa shape index (κ2) is 8.76. The first-order valence-corrected chi connectivity index (χ1v) is 9.63. The van der Waals surface area contributed by atoms with Gasteiger partial charge in [-0.2, -0.15) is 0 Å². The fourth-order valence-electron chi connectivity index (χ4n) is 1.65. The van der Waals surface area contributed by atoms with E-state index in [0.29, 0.717) is 0 Å². The Balaban J connectivity index is 2.96. The van der Waals surface area contributed by atoms with Crippen LogP contribution in [0.4, 0.5) is 9.93 Å². The first-order valence-electron chi connectivity index (χ1n) is 8.75. The summed E-state index contributed by atoms with van der Waals surface area (Å²) in [6.45, 7) is 13.2. The number of hydrogen-bond donors (Lipinski definition) is 2. The minimum atomic E-state index is -1.47. The Bertz CT molecular complexity index is 802. The van der Waals surface area contributed by atoms with Crippen LogP contribution in [0, 0.1) is 0 Å². The van der Waals surface area contributed by atoms with Gasteiger partial charge in [-0.15, -0.1) is 11.3 Å². The van der Waals surface area contributed by atoms with Gasteiger partial charge in [0.15, 0.2) is 10.8 Å². The molecule has 0 aliphatic heterocycles. The molecule has 0 aliphatic rings. The van der Waals surface area contributed by atoms with Gasteiger partial charge in [0.05, 0.1) is 0 Å². The van der Waals surface area contributed by atoms with E-state index in [-0.39, 0.29) is 16.5 Å². The van der Waals surface area contributed by atoms with Gasteiger partial charge in [0.25, 0.3) is 5.91 Å². The van der Waals surface area contributed by atoms with E-state index < -0.39 is 34.8 Å². The van der Waals surface area contributed by atoms with Gasteiger partial charge in [-0.25, -0.2) is 14.6 Å². The van der Waals surface area contributed by atoms with E-state index >= 15 is 0 Å². The van der Waals surface area contributed by atoms with Crippen LogP contribution in [0.1, 0.15) is 61.1 Å². The first kappa shape index (κ1) is 24.3. The Morgan fingerprint density at radius 1 is 1.03 bits per heavy atom. The average Bonchev–Trinajstić information content (AvgIpc) is 2.91. The molecule has 0 fully saturated rings. The smallest absolute Gasteiger partial charge is 0.413 e. The summed E-state index contributed by atoms with van der Waals surface area (Å²) in [4.78, 5) is 45.2. The molecule has 1 aromatic heterocycles. The number of nitrogens with zero attached hydrogens (tertiary/aromatic N) is 2. The minimum Gasteiger partial charge on any atom is -0.457 e. The maximum atomic E-state index is 12.2. The van der Waals surface area contributed by atoms with Crippen LogP contribution in [0.2, 0.25) is 0 Å². The molecule has 0 aromatic carbocycles. The third kappa shape index (κ3) is 8.46. The molecule has 1 heterocycles. The second-order valence-electron chi connectivity index (χ2n) is 8.57. The van der Waals surface area contributed by atoms with Gasteiger partial charge < -0.3 is 20.0 Å². The van der Waals surface area contributed by atoms with E-state index in [9.17, 15) is 14.4 Å². The van der Waals surface area contributed by atoms with Gasteiger partial charge in [-0.05, 0) is 55.4 Å². The Morgan fingerprint density at radius 2 is 1.59 bits per heavy atom. The molecule has 0 aliphatic carbocycles. The van der Waals surface area contributed by atoms with Crippen molar-refractivity contribution >= 4 is 40.1 Å². The maximum absolute atomic E-state index is 12.2. The summed E-state index contributed by atoms with van der Waals surface area (Å²) in [5.41, 5.74) is 2.26. The highest BCUT2D eigenvalue weighted by Crippen LogP contribution is 2.20. The van der Waals surface area contributed by atoms with Gasteiger partial charge >= 0.3 is 12.1 Å². The Kier molecular flexibility index (Phi) is 7.36. The lowest BCUT2D eigenvalue weighted by molar-refractivity contribution is -0.179. The molecule has 162 valence electrons. The quantitative estimate of drug-likeness (QED) is 0.403. The summed E-state index contributed by atoms with van der Waals surface area (Å²) in [5, 5.41) is 7.80. The molecule has 2 amide bonds. The van der Waals surface area contributed by atoms with Crippen LogP contribution in [-0.2, 0) is 23.9 Å². The lowest BCUT2D eigenvalue weighted by Gasteiger charge is -2.26. The minimum absolute atomic E-state index is 0.0774. The number of aromatic nitrogens is 1. The largest absolute Gasteiger partial charge is 0.457 e. The van der Waals surface area contributed by atoms with E-state index in [2.05, 4.69) is 15.5 Å². The molecular weight excluding hydrogens is 400 g/mol. The number of rotatable bonds is 6. The highest BCUT2D eigenvalue weighted by molar-refractivity contribution is 7.14. The van der Waals surface area contributed by atoms with E-state index in [0.717, 1.165) is 11.3 Å². The molecule has 0 unspecified atom stereocenters. The fourth-order valence-corrected chi connectivity index (χ4v) is 2.33. The standard InChI is InChI=1S/C18H28N4O6S/c1-16(2,3)26-13(24)18(7,8)28-22-11(12(19)23)10-9-29-14(20-10)21-15(25)27-17(4,5)6/h9H,1-8H3,(H2,19,23)(H,20,21,25)/b22-11-. The van der Waals surface area contributed by atoms with Crippen molar-refractivity contribution in [3.8, 4) is 0 Å². The van der Waals surface area contributed by atoms with Crippen LogP contribution < -0.4 is 11.1 Å². The number of carbonyl (C=O) groups is 3. The van der Waals surface area contributed by atoms with Crippen LogP contribution in [0.5, 0.6) is 0 Å². The van der Waals surface area contributed by atoms with Crippen LogP contribution in [0.25, 0.3) is 0 Å². The lowest BCUT2D eigenvalue weighted by atomic mass is 10.1. The van der Waals surface area contributed by atoms with Gasteiger partial charge in [0.1, 0.15) is 16.9 Å². The number of anilines is 1. The van der Waals surface area contributed by atoms with Gasteiger partial charge in [-0.1, -0.05) is 5.16 Å². The second-order valence-corrected chi connectivity index (χ2v) is 9.43. The molecule has 0 spiro atoms. The predicted molar refractivity (Wildman–Crippen MR) is 109 cm³/mol. The molecule has 0 saturated carbocycles. The number of ether oxygens (including phenoxy) is 2. The average molecular weight is 429 g/mol. The normalized spacial score (nSPS) is 12.9. The summed E-state index contributed by atoms with van der Waals surface area (Å²) >= 11 is 1.04. The van der Waals surface area contributed by atoms with Crippen LogP contribution in [-0.4, -0.2) is 45.5 Å². The number of esters is 1. The molecule has 0 saturated heterocycles. The summed E-state index contributed by atoms with van der Waals surface area (Å²) in [5.74, 6) is -1.58. The van der Waals surface area contributed by atoms with Crippen molar-refractivity contribution in [2.24, 2.45) is 10.9 Å². The molecule has 1 rings (SSSR count). The fraction of sp³-hybridized carbons (Fsp3) is 0.611. The molecule has 29 heavy (non-hydrogen) atoms. The SMILES string of the molecule is CC(C)(C)OC(=O)Nc1nc(/C(=N/OC(C)(C)C(=O)OC(C)(C)C)C(N)=O)cs1. The van der Waals surface area contributed by atoms with Crippen molar-refractivity contribution in [3.05, 3.63) is 11.1 Å². The molecule has 10 nitrogen and oxygen atoms in total. The Hall–Kier alpha value is -2.69. The number of nitrogens with one attached hydrogen (secondary N) is 1. The molecule has 0 bridgehead atoms. The molecule has 3 N–H and O–H groups in total. The number of hydrogen-bond acceptors (Lipinski definition) is 9. The molecule has 0 atom stereocenters. The number of oxime groups is 1. The van der Waals surface area contributed by atoms with Gasteiger partial charge in [-0.3, -0.25) is 10.1 Å². The monoisotopic (exact) mass is 428 g/mol. The number of primary amides is 1. The topological polar surface area (TPSA) is 142 Å². The number of carbonyl (C=O) groups excluding carboxylic acids is 3. The van der Waals surface area contributed by atoms with Crippen molar-refractivity contribution in [1.82, 2.24) is 4.98 Å². The highest BCUT2D eigenvalue weighted by atomic mass is 32.1. The molecular formula is C18H28N4O6S. The van der Waals surface area contributed by atoms with E-state index in [1.165, 1.54) is 19.2 Å². The van der Waals surface area contributed by atoms with Gasteiger partial charge in [0.2, 0.25) is 5.60 Å². The van der Waals surface area contributed by atoms with Gasteiger partial charge in [0, 0.05) is 5.38 Å². The first-order chi connectivity index (χ1) is 13.0. The van der Waals surface area contributed by atoms with Crippen molar-refractivity contribution < 1.29 is 28.7 Å². The third-order valence-corrected chi connectivity index (χ3v) is 3.60. The number of thiazole rings is 1. The summed E-state index contributed by atoms with van der Waals surface area (Å²) in [6.07, 6.45) is -0.696. The lowest BCUT2D eigenvalue weighted by Crippen LogP contribution is -2.40. The summed E-state index contributed by atoms with van der Waals surface area (Å²) in [7, 11) is 0. The van der Waals surface area contributed by atoms with Crippen LogP contribution in [0.15, 0.2) is 10.5 Å². The zero-order chi connectivity index (χ0) is 22.6. The zero-order valence-corrected chi connectivity index (χ0v) is 18.7. The van der Waals surface area contributed by atoms with E-state index in [4.69, 9.17) is 20.0 Å². The van der Waals surface area contributed by atoms with E-state index in [1.54, 1.807) is 41.5 Å². The van der Waals surface area contributed by atoms with E-state index in [1.807, 2.05) is 0 Å². The maximum Gasteiger partial charge on any atom is 0.413 e. The van der Waals surface area contributed by atoms with Crippen molar-refractivity contribution in [3.63, 3.8) is 0 Å². The summed E-state index contributed by atoms with van der Waals surface area (Å²) < 4.78 is 10.4. The molecule has 11 heteroatoms. The molecule has 1 aromatic rings. The van der Waals surface area contributed by atoms with Crippen molar-refractivity contribution in [1.29, 1.82) is 0 Å². The van der Waals surface area contributed by atoms with Crippen LogP contribution in [0.3, 0.4) is 0 Å². The van der Waals surface area contributed by atoms with Crippen molar-refractivity contribution in [2.45, 2.75) is 72.2 Å². The predicted octanol–water partition coefficient (Wildman–Crippen LogP) is 2.82. The number of nitrogens with two attached hydrogens (primary N) is 1. The highest BCUT2D eigenvalue weighted by Gasteiger charge is 2.35. The number of amides is 2. The zero-order valence-electron chi connectivity index (χ0n) is 17.9. The van der Waals surface area contributed by atoms with Crippen molar-refractivity contribution in [2.75, 3.05) is 5.32 Å². The third-order valence-electron chi connectivity index (χ3n) is 2.84.